The third-order valence-corrected chi connectivity index (χ3v) is 5.01. The van der Waals surface area contributed by atoms with Crippen LogP contribution in [0.1, 0.15) is 28.4 Å². The molecule has 2 atom stereocenters. The summed E-state index contributed by atoms with van der Waals surface area (Å²) in [5.74, 6) is 0.406. The molecular formula is C18H16FNO2. The third-order valence-electron chi connectivity index (χ3n) is 5.01. The number of ether oxygens (including phenoxy) is 1. The van der Waals surface area contributed by atoms with Gasteiger partial charge in [0.05, 0.1) is 12.5 Å². The number of hydrogen-bond donors (Lipinski definition) is 1. The lowest BCUT2D eigenvalue weighted by atomic mass is 9.74. The first-order valence-electron chi connectivity index (χ1n) is 7.34. The highest BCUT2D eigenvalue weighted by molar-refractivity contribution is 6.11. The van der Waals surface area contributed by atoms with Crippen LogP contribution in [0.25, 0.3) is 0 Å². The van der Waals surface area contributed by atoms with Crippen molar-refractivity contribution in [2.75, 3.05) is 12.4 Å². The molecule has 1 aliphatic carbocycles. The minimum absolute atomic E-state index is 0.0470. The summed E-state index contributed by atoms with van der Waals surface area (Å²) in [5, 5.41) is 3.33. The van der Waals surface area contributed by atoms with Crippen LogP contribution in [0.15, 0.2) is 36.4 Å². The summed E-state index contributed by atoms with van der Waals surface area (Å²) in [4.78, 5) is 13.2. The lowest BCUT2D eigenvalue weighted by Crippen LogP contribution is -2.42. The summed E-state index contributed by atoms with van der Waals surface area (Å²) in [6.07, 6.45) is 0.593. The zero-order valence-electron chi connectivity index (χ0n) is 12.4. The van der Waals surface area contributed by atoms with Crippen LogP contribution >= 0.6 is 0 Å². The zero-order chi connectivity index (χ0) is 15.5. The van der Waals surface area contributed by atoms with Crippen molar-refractivity contribution in [1.82, 2.24) is 0 Å². The van der Waals surface area contributed by atoms with E-state index in [-0.39, 0.29) is 17.6 Å². The maximum Gasteiger partial charge on any atom is 0.176 e. The largest absolute Gasteiger partial charge is 0.497 e. The molecule has 2 aromatic rings. The standard InChI is InChI=1S/C18H16FNO2/c1-10-18(15-7-12(19)4-6-16(15)20-10)9-11-3-5-13(22-2)8-14(11)17(18)21/h3-8,10,20H,9H2,1-2H3/t10-,18+/m0/s1. The van der Waals surface area contributed by atoms with E-state index in [2.05, 4.69) is 5.32 Å². The maximum atomic E-state index is 13.7. The van der Waals surface area contributed by atoms with Crippen molar-refractivity contribution in [3.05, 3.63) is 58.9 Å². The number of anilines is 1. The Morgan fingerprint density at radius 2 is 2.09 bits per heavy atom. The number of halogens is 1. The molecule has 4 rings (SSSR count). The predicted octanol–water partition coefficient (Wildman–Crippen LogP) is 3.33. The van der Waals surface area contributed by atoms with Gasteiger partial charge in [-0.2, -0.15) is 0 Å². The monoisotopic (exact) mass is 297 g/mol. The van der Waals surface area contributed by atoms with Crippen molar-refractivity contribution in [3.63, 3.8) is 0 Å². The molecule has 0 amide bonds. The quantitative estimate of drug-likeness (QED) is 0.877. The second-order valence-electron chi connectivity index (χ2n) is 6.06. The van der Waals surface area contributed by atoms with E-state index in [0.29, 0.717) is 17.7 Å². The smallest absolute Gasteiger partial charge is 0.176 e. The Balaban J connectivity index is 1.91. The second kappa shape index (κ2) is 4.32. The van der Waals surface area contributed by atoms with Crippen LogP contribution in [0, 0.1) is 5.82 Å². The summed E-state index contributed by atoms with van der Waals surface area (Å²) >= 11 is 0. The Kier molecular flexibility index (Phi) is 2.61. The van der Waals surface area contributed by atoms with Crippen LogP contribution in [-0.4, -0.2) is 18.9 Å². The van der Waals surface area contributed by atoms with Gasteiger partial charge in [-0.25, -0.2) is 4.39 Å². The molecule has 1 aliphatic heterocycles. The topological polar surface area (TPSA) is 38.3 Å². The number of methoxy groups -OCH3 is 1. The highest BCUT2D eigenvalue weighted by atomic mass is 19.1. The van der Waals surface area contributed by atoms with Gasteiger partial charge in [-0.05, 0) is 54.8 Å². The van der Waals surface area contributed by atoms with Gasteiger partial charge in [-0.1, -0.05) is 6.07 Å². The Morgan fingerprint density at radius 3 is 2.86 bits per heavy atom. The normalized spacial score (nSPS) is 25.0. The van der Waals surface area contributed by atoms with Gasteiger partial charge in [0, 0.05) is 17.3 Å². The summed E-state index contributed by atoms with van der Waals surface area (Å²) < 4.78 is 19.0. The van der Waals surface area contributed by atoms with Crippen LogP contribution in [-0.2, 0) is 11.8 Å². The van der Waals surface area contributed by atoms with Crippen LogP contribution in [0.2, 0.25) is 0 Å². The fourth-order valence-corrected chi connectivity index (χ4v) is 3.84. The number of ketones is 1. The number of benzene rings is 2. The van der Waals surface area contributed by atoms with Gasteiger partial charge in [-0.3, -0.25) is 4.79 Å². The highest BCUT2D eigenvalue weighted by Crippen LogP contribution is 2.50. The lowest BCUT2D eigenvalue weighted by molar-refractivity contribution is 0.0896. The SMILES string of the molecule is COc1ccc2c(c1)C(=O)[C@@]1(C2)c2cc(F)ccc2N[C@H]1C. The van der Waals surface area contributed by atoms with E-state index in [9.17, 15) is 9.18 Å². The molecule has 1 spiro atoms. The molecule has 112 valence electrons. The summed E-state index contributed by atoms with van der Waals surface area (Å²) in [7, 11) is 1.58. The van der Waals surface area contributed by atoms with Gasteiger partial charge in [0.1, 0.15) is 11.6 Å². The summed E-state index contributed by atoms with van der Waals surface area (Å²) in [5.41, 5.74) is 2.58. The van der Waals surface area contributed by atoms with E-state index < -0.39 is 5.41 Å². The number of carbonyl (C=O) groups excluding carboxylic acids is 1. The molecule has 0 saturated heterocycles. The minimum Gasteiger partial charge on any atom is -0.497 e. The van der Waals surface area contributed by atoms with Crippen molar-refractivity contribution in [2.24, 2.45) is 0 Å². The fraction of sp³-hybridized carbons (Fsp3) is 0.278. The van der Waals surface area contributed by atoms with Crippen molar-refractivity contribution < 1.29 is 13.9 Å². The van der Waals surface area contributed by atoms with Crippen molar-refractivity contribution in [1.29, 1.82) is 0 Å². The Labute approximate surface area is 128 Å². The first-order valence-corrected chi connectivity index (χ1v) is 7.34. The molecule has 22 heavy (non-hydrogen) atoms. The van der Waals surface area contributed by atoms with Gasteiger partial charge >= 0.3 is 0 Å². The van der Waals surface area contributed by atoms with Gasteiger partial charge in [0.15, 0.2) is 5.78 Å². The van der Waals surface area contributed by atoms with Gasteiger partial charge in [-0.15, -0.1) is 0 Å². The molecule has 2 aliphatic rings. The summed E-state index contributed by atoms with van der Waals surface area (Å²) in [6.45, 7) is 1.99. The molecule has 1 N–H and O–H groups in total. The number of Topliss-reactive ketones (excluding diaryl/α,β-unsaturated/α-hetero) is 1. The van der Waals surface area contributed by atoms with Crippen LogP contribution < -0.4 is 10.1 Å². The number of fused-ring (bicyclic) bond motifs is 3. The number of nitrogens with one attached hydrogen (secondary N) is 1. The van der Waals surface area contributed by atoms with Gasteiger partial charge in [0.25, 0.3) is 0 Å². The fourth-order valence-electron chi connectivity index (χ4n) is 3.84. The average molecular weight is 297 g/mol. The van der Waals surface area contributed by atoms with Crippen LogP contribution in [0.5, 0.6) is 5.75 Å². The Hall–Kier alpha value is -2.36. The first-order chi connectivity index (χ1) is 10.6. The average Bonchev–Trinajstić information content (AvgIpc) is 2.96. The molecule has 1 heterocycles. The maximum absolute atomic E-state index is 13.7. The zero-order valence-corrected chi connectivity index (χ0v) is 12.4. The minimum atomic E-state index is -0.716. The van der Waals surface area contributed by atoms with E-state index in [1.54, 1.807) is 19.2 Å². The number of rotatable bonds is 1. The van der Waals surface area contributed by atoms with E-state index in [1.165, 1.54) is 12.1 Å². The van der Waals surface area contributed by atoms with Crippen LogP contribution in [0.3, 0.4) is 0 Å². The van der Waals surface area contributed by atoms with Gasteiger partial charge < -0.3 is 10.1 Å². The van der Waals surface area contributed by atoms with E-state index in [1.807, 2.05) is 19.1 Å². The molecule has 2 aromatic carbocycles. The number of hydrogen-bond acceptors (Lipinski definition) is 3. The second-order valence-corrected chi connectivity index (χ2v) is 6.06. The molecule has 0 fully saturated rings. The van der Waals surface area contributed by atoms with E-state index >= 15 is 0 Å². The molecule has 0 saturated carbocycles. The predicted molar refractivity (Wildman–Crippen MR) is 82.2 cm³/mol. The Morgan fingerprint density at radius 1 is 1.27 bits per heavy atom. The van der Waals surface area contributed by atoms with Crippen molar-refractivity contribution >= 4 is 11.5 Å². The molecule has 0 bridgehead atoms. The van der Waals surface area contributed by atoms with E-state index in [4.69, 9.17) is 4.74 Å². The van der Waals surface area contributed by atoms with Crippen molar-refractivity contribution in [2.45, 2.75) is 24.8 Å². The third kappa shape index (κ3) is 1.52. The van der Waals surface area contributed by atoms with Crippen molar-refractivity contribution in [3.8, 4) is 5.75 Å². The highest BCUT2D eigenvalue weighted by Gasteiger charge is 2.55. The molecule has 0 aromatic heterocycles. The Bertz CT molecular complexity index is 802. The lowest BCUT2D eigenvalue weighted by Gasteiger charge is -2.27. The molecular weight excluding hydrogens is 281 g/mol. The molecule has 0 unspecified atom stereocenters. The molecule has 3 nitrogen and oxygen atoms in total. The number of carbonyl (C=O) groups is 1. The van der Waals surface area contributed by atoms with E-state index in [0.717, 1.165) is 16.8 Å². The summed E-state index contributed by atoms with van der Waals surface area (Å²) in [6, 6.07) is 10.1. The van der Waals surface area contributed by atoms with Crippen LogP contribution in [0.4, 0.5) is 10.1 Å². The molecule has 4 heteroatoms. The first kappa shape index (κ1) is 13.3. The van der Waals surface area contributed by atoms with Gasteiger partial charge in [0.2, 0.25) is 0 Å². The molecule has 0 radical (unpaired) electrons.